The average Bonchev–Trinajstić information content (AvgIpc) is 3.23. The monoisotopic (exact) mass is 316 g/mol. The molecule has 0 spiro atoms. The van der Waals surface area contributed by atoms with Crippen LogP contribution in [0.1, 0.15) is 59.3 Å². The minimum absolute atomic E-state index is 0.604. The van der Waals surface area contributed by atoms with Crippen molar-refractivity contribution in [3.63, 3.8) is 0 Å². The molecule has 1 heterocycles. The quantitative estimate of drug-likeness (QED) is 0.330. The first kappa shape index (κ1) is 17.4. The van der Waals surface area contributed by atoms with E-state index < -0.39 is 8.80 Å². The maximum Gasteiger partial charge on any atom is 0.500 e. The van der Waals surface area contributed by atoms with Gasteiger partial charge in [-0.1, -0.05) is 12.8 Å². The molecule has 1 saturated carbocycles. The van der Waals surface area contributed by atoms with Crippen molar-refractivity contribution in [2.24, 2.45) is 5.92 Å². The van der Waals surface area contributed by atoms with E-state index in [9.17, 15) is 0 Å². The summed E-state index contributed by atoms with van der Waals surface area (Å²) < 4.78 is 23.3. The van der Waals surface area contributed by atoms with E-state index in [0.717, 1.165) is 18.4 Å². The van der Waals surface area contributed by atoms with E-state index in [1.54, 1.807) is 0 Å². The Morgan fingerprint density at radius 2 is 1.57 bits per heavy atom. The van der Waals surface area contributed by atoms with Crippen LogP contribution in [0, 0.1) is 5.92 Å². The summed E-state index contributed by atoms with van der Waals surface area (Å²) in [5, 5.41) is 0. The Morgan fingerprint density at radius 3 is 2.14 bits per heavy atom. The summed E-state index contributed by atoms with van der Waals surface area (Å²) in [7, 11) is -2.41. The normalized spacial score (nSPS) is 28.4. The average molecular weight is 317 g/mol. The lowest BCUT2D eigenvalue weighted by Gasteiger charge is -2.28. The van der Waals surface area contributed by atoms with Crippen LogP contribution in [0.2, 0.25) is 6.04 Å². The van der Waals surface area contributed by atoms with E-state index in [2.05, 4.69) is 0 Å². The second kappa shape index (κ2) is 8.63. The van der Waals surface area contributed by atoms with E-state index >= 15 is 0 Å². The Kier molecular flexibility index (Phi) is 7.15. The minimum atomic E-state index is -2.41. The summed E-state index contributed by atoms with van der Waals surface area (Å²) in [6.45, 7) is 8.09. The molecule has 0 aromatic carbocycles. The van der Waals surface area contributed by atoms with Crippen molar-refractivity contribution >= 4 is 8.80 Å². The molecule has 0 aromatic rings. The predicted octanol–water partition coefficient (Wildman–Crippen LogP) is 3.77. The van der Waals surface area contributed by atoms with Gasteiger partial charge in [0, 0.05) is 25.9 Å². The zero-order valence-corrected chi connectivity index (χ0v) is 14.9. The molecule has 0 amide bonds. The van der Waals surface area contributed by atoms with E-state index in [1.165, 1.54) is 32.1 Å². The number of unbranched alkanes of at least 4 members (excludes halogenated alkanes) is 1. The Labute approximate surface area is 130 Å². The lowest BCUT2D eigenvalue weighted by atomic mass is 9.86. The van der Waals surface area contributed by atoms with Crippen LogP contribution in [0.3, 0.4) is 0 Å². The highest BCUT2D eigenvalue weighted by molar-refractivity contribution is 6.60. The Balaban J connectivity index is 1.67. The van der Waals surface area contributed by atoms with Crippen LogP contribution >= 0.6 is 0 Å². The zero-order chi connectivity index (χ0) is 15.1. The second-order valence-electron chi connectivity index (χ2n) is 6.12. The van der Waals surface area contributed by atoms with E-state index in [-0.39, 0.29) is 0 Å². The zero-order valence-electron chi connectivity index (χ0n) is 13.9. The number of hydrogen-bond donors (Lipinski definition) is 0. The summed E-state index contributed by atoms with van der Waals surface area (Å²) in [6, 6.07) is 0.956. The van der Waals surface area contributed by atoms with Crippen molar-refractivity contribution in [3.8, 4) is 0 Å². The molecule has 1 aliphatic heterocycles. The van der Waals surface area contributed by atoms with Gasteiger partial charge in [-0.25, -0.2) is 0 Å². The molecule has 0 aromatic heterocycles. The van der Waals surface area contributed by atoms with Gasteiger partial charge in [0.05, 0.1) is 12.2 Å². The van der Waals surface area contributed by atoms with Crippen molar-refractivity contribution in [2.45, 2.75) is 77.5 Å². The number of fused-ring (bicyclic) bond motifs is 1. The van der Waals surface area contributed by atoms with E-state index in [4.69, 9.17) is 18.0 Å². The molecule has 4 nitrogen and oxygen atoms in total. The topological polar surface area (TPSA) is 40.2 Å². The molecule has 1 saturated heterocycles. The van der Waals surface area contributed by atoms with Crippen LogP contribution in [0.15, 0.2) is 0 Å². The molecule has 124 valence electrons. The smallest absolute Gasteiger partial charge is 0.374 e. The van der Waals surface area contributed by atoms with Gasteiger partial charge in [-0.05, 0) is 52.4 Å². The third-order valence-corrected chi connectivity index (χ3v) is 7.70. The molecule has 2 fully saturated rings. The van der Waals surface area contributed by atoms with E-state index in [1.807, 2.05) is 20.8 Å². The molecule has 1 aliphatic carbocycles. The Hall–Kier alpha value is 0.0569. The van der Waals surface area contributed by atoms with Crippen LogP contribution in [0.5, 0.6) is 0 Å². The van der Waals surface area contributed by atoms with Crippen LogP contribution in [0.25, 0.3) is 0 Å². The van der Waals surface area contributed by atoms with Gasteiger partial charge >= 0.3 is 8.80 Å². The predicted molar refractivity (Wildman–Crippen MR) is 85.3 cm³/mol. The van der Waals surface area contributed by atoms with Gasteiger partial charge < -0.3 is 18.0 Å². The first-order valence-electron chi connectivity index (χ1n) is 8.80. The first-order valence-corrected chi connectivity index (χ1v) is 10.7. The molecule has 5 heteroatoms. The van der Waals surface area contributed by atoms with Gasteiger partial charge in [0.25, 0.3) is 0 Å². The van der Waals surface area contributed by atoms with E-state index in [0.29, 0.717) is 32.0 Å². The molecule has 2 aliphatic rings. The highest BCUT2D eigenvalue weighted by atomic mass is 28.4. The Bertz CT molecular complexity index is 283. The van der Waals surface area contributed by atoms with Crippen LogP contribution in [-0.2, 0) is 18.0 Å². The minimum Gasteiger partial charge on any atom is -0.374 e. The van der Waals surface area contributed by atoms with Gasteiger partial charge in [-0.3, -0.25) is 0 Å². The molecule has 0 radical (unpaired) electrons. The fourth-order valence-corrected chi connectivity index (χ4v) is 6.21. The number of epoxide rings is 1. The third kappa shape index (κ3) is 5.32. The third-order valence-electron chi connectivity index (χ3n) is 4.55. The molecular weight excluding hydrogens is 284 g/mol. The van der Waals surface area contributed by atoms with Crippen LogP contribution < -0.4 is 0 Å². The van der Waals surface area contributed by atoms with Crippen LogP contribution in [0.4, 0.5) is 0 Å². The maximum atomic E-state index is 5.90. The molecule has 21 heavy (non-hydrogen) atoms. The first-order chi connectivity index (χ1) is 10.2. The second-order valence-corrected chi connectivity index (χ2v) is 8.85. The SMILES string of the molecule is CCO[Si](CCCCC1CCC2OC2C1)(OCC)OCC. The van der Waals surface area contributed by atoms with Gasteiger partial charge in [0.2, 0.25) is 0 Å². The lowest BCUT2D eigenvalue weighted by molar-refractivity contribution is 0.0705. The van der Waals surface area contributed by atoms with Crippen molar-refractivity contribution in [3.05, 3.63) is 0 Å². The summed E-state index contributed by atoms with van der Waals surface area (Å²) in [6.07, 6.45) is 8.87. The number of ether oxygens (including phenoxy) is 1. The van der Waals surface area contributed by atoms with Gasteiger partial charge in [0.15, 0.2) is 0 Å². The van der Waals surface area contributed by atoms with Crippen molar-refractivity contribution < 1.29 is 18.0 Å². The van der Waals surface area contributed by atoms with Crippen molar-refractivity contribution in [1.82, 2.24) is 0 Å². The Morgan fingerprint density at radius 1 is 0.905 bits per heavy atom. The highest BCUT2D eigenvalue weighted by Gasteiger charge is 2.43. The molecule has 2 rings (SSSR count). The standard InChI is InChI=1S/C16H32O4Si/c1-4-17-21(18-5-2,19-6-3)12-8-7-9-14-10-11-15-16(13-14)20-15/h14-16H,4-13H2,1-3H3. The molecular formula is C16H32O4Si. The largest absolute Gasteiger partial charge is 0.500 e. The lowest BCUT2D eigenvalue weighted by Crippen LogP contribution is -2.45. The summed E-state index contributed by atoms with van der Waals surface area (Å²) in [4.78, 5) is 0. The number of hydrogen-bond acceptors (Lipinski definition) is 4. The summed E-state index contributed by atoms with van der Waals surface area (Å²) >= 11 is 0. The molecule has 0 bridgehead atoms. The highest BCUT2D eigenvalue weighted by Crippen LogP contribution is 2.41. The summed E-state index contributed by atoms with van der Waals surface area (Å²) in [5.41, 5.74) is 0. The molecule has 0 N–H and O–H groups in total. The van der Waals surface area contributed by atoms with Crippen molar-refractivity contribution in [1.29, 1.82) is 0 Å². The van der Waals surface area contributed by atoms with Gasteiger partial charge in [0.1, 0.15) is 0 Å². The summed E-state index contributed by atoms with van der Waals surface area (Å²) in [5.74, 6) is 0.871. The van der Waals surface area contributed by atoms with Crippen molar-refractivity contribution in [2.75, 3.05) is 19.8 Å². The molecule has 3 atom stereocenters. The fourth-order valence-electron chi connectivity index (χ4n) is 3.52. The van der Waals surface area contributed by atoms with Gasteiger partial charge in [-0.2, -0.15) is 0 Å². The maximum absolute atomic E-state index is 5.90. The van der Waals surface area contributed by atoms with Gasteiger partial charge in [-0.15, -0.1) is 0 Å². The number of rotatable bonds is 11. The van der Waals surface area contributed by atoms with Crippen LogP contribution in [-0.4, -0.2) is 40.8 Å². The molecule has 3 unspecified atom stereocenters. The fraction of sp³-hybridized carbons (Fsp3) is 1.00.